The van der Waals surface area contributed by atoms with Crippen molar-refractivity contribution < 1.29 is 4.74 Å². The van der Waals surface area contributed by atoms with E-state index in [1.807, 2.05) is 0 Å². The zero-order valence-corrected chi connectivity index (χ0v) is 10.4. The molecule has 0 N–H and O–H groups in total. The van der Waals surface area contributed by atoms with Crippen molar-refractivity contribution in [3.63, 3.8) is 0 Å². The van der Waals surface area contributed by atoms with Gasteiger partial charge in [0.05, 0.1) is 12.0 Å². The van der Waals surface area contributed by atoms with Gasteiger partial charge in [-0.15, -0.1) is 22.9 Å². The maximum absolute atomic E-state index is 6.56. The molecule has 2 unspecified atom stereocenters. The number of ether oxygens (including phenoxy) is 1. The third kappa shape index (κ3) is 1.75. The van der Waals surface area contributed by atoms with Gasteiger partial charge in [0.25, 0.3) is 0 Å². The summed E-state index contributed by atoms with van der Waals surface area (Å²) in [7, 11) is 0. The highest BCUT2D eigenvalue weighted by molar-refractivity contribution is 7.17. The summed E-state index contributed by atoms with van der Waals surface area (Å²) >= 11 is 8.34. The van der Waals surface area contributed by atoms with Gasteiger partial charge in [-0.2, -0.15) is 0 Å². The molecule has 2 aromatic rings. The molecule has 1 nitrogen and oxygen atoms in total. The van der Waals surface area contributed by atoms with Crippen LogP contribution in [-0.2, 0) is 4.74 Å². The standard InChI is InChI=1S/C13H13ClOS/c14-13(9-5-6-15-7-9)11-8-16-12-4-2-1-3-10(11)12/h1-4,8-9,13H,5-7H2. The van der Waals surface area contributed by atoms with Gasteiger partial charge in [0, 0.05) is 17.2 Å². The lowest BCUT2D eigenvalue weighted by Crippen LogP contribution is -2.06. The molecular weight excluding hydrogens is 240 g/mol. The van der Waals surface area contributed by atoms with E-state index in [0.29, 0.717) is 5.92 Å². The molecule has 1 aliphatic heterocycles. The number of hydrogen-bond acceptors (Lipinski definition) is 2. The molecule has 2 heterocycles. The predicted molar refractivity (Wildman–Crippen MR) is 69.3 cm³/mol. The van der Waals surface area contributed by atoms with Crippen LogP contribution in [0, 0.1) is 5.92 Å². The van der Waals surface area contributed by atoms with E-state index in [9.17, 15) is 0 Å². The van der Waals surface area contributed by atoms with Crippen LogP contribution in [0.1, 0.15) is 17.4 Å². The van der Waals surface area contributed by atoms with Gasteiger partial charge in [-0.3, -0.25) is 0 Å². The van der Waals surface area contributed by atoms with Crippen molar-refractivity contribution in [1.29, 1.82) is 0 Å². The average molecular weight is 253 g/mol. The summed E-state index contributed by atoms with van der Waals surface area (Å²) in [4.78, 5) is 0. The maximum atomic E-state index is 6.56. The highest BCUT2D eigenvalue weighted by Crippen LogP contribution is 2.40. The first kappa shape index (κ1) is 10.6. The average Bonchev–Trinajstić information content (AvgIpc) is 2.98. The molecule has 0 bridgehead atoms. The van der Waals surface area contributed by atoms with E-state index < -0.39 is 0 Å². The van der Waals surface area contributed by atoms with Gasteiger partial charge in [0.15, 0.2) is 0 Å². The number of fused-ring (bicyclic) bond motifs is 1. The summed E-state index contributed by atoms with van der Waals surface area (Å²) < 4.78 is 6.73. The van der Waals surface area contributed by atoms with Crippen LogP contribution >= 0.6 is 22.9 Å². The van der Waals surface area contributed by atoms with Crippen LogP contribution in [0.3, 0.4) is 0 Å². The van der Waals surface area contributed by atoms with Crippen LogP contribution in [0.2, 0.25) is 0 Å². The Morgan fingerprint density at radius 3 is 3.06 bits per heavy atom. The minimum absolute atomic E-state index is 0.0960. The van der Waals surface area contributed by atoms with Gasteiger partial charge in [0.1, 0.15) is 0 Å². The Bertz CT molecular complexity index is 487. The number of hydrogen-bond donors (Lipinski definition) is 0. The van der Waals surface area contributed by atoms with Crippen LogP contribution in [0.4, 0.5) is 0 Å². The van der Waals surface area contributed by atoms with Gasteiger partial charge in [-0.1, -0.05) is 18.2 Å². The van der Waals surface area contributed by atoms with Crippen molar-refractivity contribution in [2.24, 2.45) is 5.92 Å². The molecule has 2 atom stereocenters. The normalized spacial score (nSPS) is 22.7. The van der Waals surface area contributed by atoms with E-state index in [1.54, 1.807) is 11.3 Å². The highest BCUT2D eigenvalue weighted by atomic mass is 35.5. The van der Waals surface area contributed by atoms with Crippen molar-refractivity contribution >= 4 is 33.0 Å². The number of alkyl halides is 1. The Morgan fingerprint density at radius 2 is 2.25 bits per heavy atom. The third-order valence-electron chi connectivity index (χ3n) is 3.19. The molecule has 1 saturated heterocycles. The first-order valence-electron chi connectivity index (χ1n) is 5.54. The molecule has 0 saturated carbocycles. The van der Waals surface area contributed by atoms with Crippen molar-refractivity contribution in [2.45, 2.75) is 11.8 Å². The highest BCUT2D eigenvalue weighted by Gasteiger charge is 2.26. The fourth-order valence-corrected chi connectivity index (χ4v) is 3.70. The molecule has 3 rings (SSSR count). The Kier molecular flexibility index (Phi) is 2.88. The lowest BCUT2D eigenvalue weighted by Gasteiger charge is -2.14. The fraction of sp³-hybridized carbons (Fsp3) is 0.385. The summed E-state index contributed by atoms with van der Waals surface area (Å²) in [6.07, 6.45) is 1.08. The molecule has 1 aromatic heterocycles. The van der Waals surface area contributed by atoms with Crippen molar-refractivity contribution in [3.05, 3.63) is 35.2 Å². The van der Waals surface area contributed by atoms with Crippen LogP contribution < -0.4 is 0 Å². The molecule has 3 heteroatoms. The van der Waals surface area contributed by atoms with Gasteiger partial charge in [-0.05, 0) is 28.8 Å². The lowest BCUT2D eigenvalue weighted by molar-refractivity contribution is 0.185. The minimum atomic E-state index is 0.0960. The second-order valence-electron chi connectivity index (χ2n) is 4.21. The van der Waals surface area contributed by atoms with E-state index in [-0.39, 0.29) is 5.38 Å². The smallest absolute Gasteiger partial charge is 0.0650 e. The summed E-state index contributed by atoms with van der Waals surface area (Å²) in [5.74, 6) is 0.472. The second-order valence-corrected chi connectivity index (χ2v) is 5.59. The SMILES string of the molecule is ClC(c1csc2ccccc12)C1CCOC1. The van der Waals surface area contributed by atoms with E-state index in [0.717, 1.165) is 19.6 Å². The van der Waals surface area contributed by atoms with Crippen molar-refractivity contribution in [2.75, 3.05) is 13.2 Å². The van der Waals surface area contributed by atoms with Gasteiger partial charge in [0.2, 0.25) is 0 Å². The molecule has 16 heavy (non-hydrogen) atoms. The zero-order valence-electron chi connectivity index (χ0n) is 8.86. The molecule has 0 aliphatic carbocycles. The number of rotatable bonds is 2. The molecule has 84 valence electrons. The molecule has 1 aromatic carbocycles. The summed E-state index contributed by atoms with van der Waals surface area (Å²) in [5.41, 5.74) is 1.28. The fourth-order valence-electron chi connectivity index (χ4n) is 2.25. The van der Waals surface area contributed by atoms with Crippen molar-refractivity contribution in [1.82, 2.24) is 0 Å². The van der Waals surface area contributed by atoms with E-state index in [4.69, 9.17) is 16.3 Å². The number of halogens is 1. The van der Waals surface area contributed by atoms with Gasteiger partial charge in [-0.25, -0.2) is 0 Å². The van der Waals surface area contributed by atoms with Crippen LogP contribution in [0.15, 0.2) is 29.6 Å². The molecule has 1 fully saturated rings. The predicted octanol–water partition coefficient (Wildman–Crippen LogP) is 4.22. The topological polar surface area (TPSA) is 9.23 Å². The van der Waals surface area contributed by atoms with E-state index in [1.165, 1.54) is 15.6 Å². The second kappa shape index (κ2) is 4.36. The third-order valence-corrected chi connectivity index (χ3v) is 4.76. The molecular formula is C13H13ClOS. The van der Waals surface area contributed by atoms with E-state index in [2.05, 4.69) is 29.6 Å². The largest absolute Gasteiger partial charge is 0.381 e. The summed E-state index contributed by atoms with van der Waals surface area (Å²) in [5, 5.41) is 3.60. The van der Waals surface area contributed by atoms with Crippen LogP contribution in [0.25, 0.3) is 10.1 Å². The van der Waals surface area contributed by atoms with E-state index >= 15 is 0 Å². The maximum Gasteiger partial charge on any atom is 0.0650 e. The molecule has 0 radical (unpaired) electrons. The Morgan fingerprint density at radius 1 is 1.38 bits per heavy atom. The van der Waals surface area contributed by atoms with Crippen LogP contribution in [0.5, 0.6) is 0 Å². The lowest BCUT2D eigenvalue weighted by atomic mass is 9.98. The first-order chi connectivity index (χ1) is 7.86. The first-order valence-corrected chi connectivity index (χ1v) is 6.86. The summed E-state index contributed by atoms with van der Waals surface area (Å²) in [6, 6.07) is 8.46. The van der Waals surface area contributed by atoms with Crippen molar-refractivity contribution in [3.8, 4) is 0 Å². The number of benzene rings is 1. The molecule has 1 aliphatic rings. The Labute approximate surface area is 104 Å². The Hall–Kier alpha value is -0.570. The minimum Gasteiger partial charge on any atom is -0.381 e. The zero-order chi connectivity index (χ0) is 11.0. The number of thiophene rings is 1. The molecule has 0 spiro atoms. The summed E-state index contributed by atoms with van der Waals surface area (Å²) in [6.45, 7) is 1.66. The molecule has 0 amide bonds. The van der Waals surface area contributed by atoms with Gasteiger partial charge >= 0.3 is 0 Å². The van der Waals surface area contributed by atoms with Gasteiger partial charge < -0.3 is 4.74 Å². The van der Waals surface area contributed by atoms with Crippen LogP contribution in [-0.4, -0.2) is 13.2 Å². The quantitative estimate of drug-likeness (QED) is 0.728. The Balaban J connectivity index is 1.98. The monoisotopic (exact) mass is 252 g/mol.